The smallest absolute Gasteiger partial charge is 0.328 e. The minimum atomic E-state index is -0.567. The Morgan fingerprint density at radius 3 is 0.971 bits per heavy atom. The zero-order valence-corrected chi connectivity index (χ0v) is 59.7. The Labute approximate surface area is 601 Å². The van der Waals surface area contributed by atoms with Crippen molar-refractivity contribution >= 4 is 102 Å². The summed E-state index contributed by atoms with van der Waals surface area (Å²) in [4.78, 5) is 16.0. The van der Waals surface area contributed by atoms with Crippen molar-refractivity contribution in [3.05, 3.63) is 324 Å². The quantitative estimate of drug-likeness (QED) is 0.0706. The molecule has 10 heteroatoms. The van der Waals surface area contributed by atoms with E-state index in [0.29, 0.717) is 33.2 Å². The van der Waals surface area contributed by atoms with E-state index in [4.69, 9.17) is 9.97 Å². The van der Waals surface area contributed by atoms with Gasteiger partial charge in [0.1, 0.15) is 23.3 Å². The fraction of sp³-hybridized carbons (Fsp3) is 0.174. The summed E-state index contributed by atoms with van der Waals surface area (Å²) in [5, 5.41) is 30.6. The van der Waals surface area contributed by atoms with E-state index in [-0.39, 0.29) is 10.8 Å². The number of hydrogen-bond acceptors (Lipinski definition) is 6. The Kier molecular flexibility index (Phi) is 19.3. The normalized spacial score (nSPS) is 12.3. The van der Waals surface area contributed by atoms with Crippen molar-refractivity contribution in [2.75, 3.05) is 22.9 Å². The molecule has 0 atom stereocenters. The molecule has 0 radical (unpaired) electrons. The molecule has 4 heterocycles. The molecule has 0 spiro atoms. The van der Waals surface area contributed by atoms with Gasteiger partial charge >= 0.3 is 13.7 Å². The summed E-state index contributed by atoms with van der Waals surface area (Å²) < 4.78 is 4.88. The Bertz CT molecular complexity index is 5090. The van der Waals surface area contributed by atoms with Crippen LogP contribution in [-0.2, 0) is 10.8 Å². The van der Waals surface area contributed by atoms with Gasteiger partial charge in [0.25, 0.3) is 0 Å². The largest absolute Gasteiger partial charge is 0.374 e. The van der Waals surface area contributed by atoms with E-state index in [2.05, 4.69) is 365 Å². The summed E-state index contributed by atoms with van der Waals surface area (Å²) in [5.41, 5.74) is 17.2. The van der Waals surface area contributed by atoms with E-state index in [9.17, 15) is 10.5 Å². The van der Waals surface area contributed by atoms with Crippen LogP contribution in [0.1, 0.15) is 104 Å². The number of benzene rings is 10. The number of anilines is 4. The summed E-state index contributed by atoms with van der Waals surface area (Å²) >= 11 is 0. The first-order valence-corrected chi connectivity index (χ1v) is 36.0. The van der Waals surface area contributed by atoms with Gasteiger partial charge in [0.15, 0.2) is 0 Å². The molecule has 0 saturated carbocycles. The highest BCUT2D eigenvalue weighted by molar-refractivity contribution is 6.85. The van der Waals surface area contributed by atoms with Crippen LogP contribution < -0.4 is 42.3 Å². The first-order valence-electron chi connectivity index (χ1n) is 36.0. The first kappa shape index (κ1) is 67.5. The van der Waals surface area contributed by atoms with Gasteiger partial charge in [-0.1, -0.05) is 296 Å². The summed E-state index contributed by atoms with van der Waals surface area (Å²) in [6.07, 6.45) is 4.05. The predicted molar refractivity (Wildman–Crippen MR) is 431 cm³/mol. The molecule has 0 aliphatic carbocycles. The van der Waals surface area contributed by atoms with Gasteiger partial charge in [-0.3, -0.25) is 0 Å². The van der Waals surface area contributed by atoms with E-state index in [1.807, 2.05) is 12.1 Å². The monoisotopic (exact) mass is 1320 g/mol. The lowest BCUT2D eigenvalue weighted by Crippen LogP contribution is -2.54. The molecular formula is C92H84B2N8. The van der Waals surface area contributed by atoms with Crippen molar-refractivity contribution in [1.82, 2.24) is 18.9 Å². The lowest BCUT2D eigenvalue weighted by Gasteiger charge is -2.26. The van der Waals surface area contributed by atoms with Crippen LogP contribution in [0.25, 0.3) is 66.2 Å². The Morgan fingerprint density at radius 2 is 0.676 bits per heavy atom. The van der Waals surface area contributed by atoms with Crippen LogP contribution in [0.2, 0.25) is 0 Å². The maximum atomic E-state index is 12.9. The molecule has 102 heavy (non-hydrogen) atoms. The third-order valence-electron chi connectivity index (χ3n) is 20.0. The number of pyridine rings is 2. The molecule has 0 unspecified atom stereocenters. The third-order valence-corrected chi connectivity index (χ3v) is 20.0. The molecule has 14 aromatic rings. The van der Waals surface area contributed by atoms with Gasteiger partial charge in [-0.2, -0.15) is 10.5 Å². The number of nitriles is 2. The molecule has 0 N–H and O–H groups in total. The molecule has 0 aliphatic rings. The molecule has 4 aromatic heterocycles. The third kappa shape index (κ3) is 13.4. The molecule has 498 valence electrons. The number of aromatic nitrogens is 4. The molecule has 14 rings (SSSR count). The molecule has 8 nitrogen and oxygen atoms in total. The topological polar surface area (TPSA) is 89.7 Å². The number of rotatable bonds is 20. The van der Waals surface area contributed by atoms with Gasteiger partial charge in [0.05, 0.1) is 33.1 Å². The molecule has 0 saturated heterocycles. The SMILES string of the molecule is CCCCN(c1ccccc1)c1ccc(-c2c3/c(=C(\C#N)c4ccc5cc(C(C)(C)C)ccc5n4)n(B(c4ccccc4)c4ccccc4)c(-c4ccc(N(CCCC)c5ccccc5)cc4)c3/c(=C(/C#N)c3ccc4cc(C(C)(C)C)ccc4n3)n2B(c2ccccc2)c2ccccc2)cc1. The van der Waals surface area contributed by atoms with E-state index in [0.717, 1.165) is 138 Å². The van der Waals surface area contributed by atoms with E-state index in [1.165, 1.54) is 11.1 Å². The highest BCUT2D eigenvalue weighted by Crippen LogP contribution is 2.40. The van der Waals surface area contributed by atoms with Gasteiger partial charge in [0.2, 0.25) is 0 Å². The number of unbranched alkanes of at least 4 members (excludes halogenated alkanes) is 2. The van der Waals surface area contributed by atoms with Crippen molar-refractivity contribution in [3.8, 4) is 34.7 Å². The summed E-state index contributed by atoms with van der Waals surface area (Å²) in [6.45, 7) is 18.4. The van der Waals surface area contributed by atoms with Crippen LogP contribution in [-0.4, -0.2) is 45.7 Å². The molecule has 0 amide bonds. The van der Waals surface area contributed by atoms with Gasteiger partial charge in [0, 0.05) is 68.8 Å². The summed E-state index contributed by atoms with van der Waals surface area (Å²) in [7, 11) is 0. The Hall–Kier alpha value is -11.7. The minimum Gasteiger partial charge on any atom is -0.374 e. The second-order valence-electron chi connectivity index (χ2n) is 28.8. The fourth-order valence-electron chi connectivity index (χ4n) is 14.7. The second-order valence-corrected chi connectivity index (χ2v) is 28.8. The highest BCUT2D eigenvalue weighted by Gasteiger charge is 2.38. The molecule has 0 aliphatic heterocycles. The van der Waals surface area contributed by atoms with Gasteiger partial charge in [-0.05, 0) is 131 Å². The summed E-state index contributed by atoms with van der Waals surface area (Å²) in [6, 6.07) is 109. The highest BCUT2D eigenvalue weighted by atomic mass is 15.1. The average molecular weight is 1320 g/mol. The molecule has 10 aromatic carbocycles. The minimum absolute atomic E-state index is 0.110. The van der Waals surface area contributed by atoms with Crippen molar-refractivity contribution in [3.63, 3.8) is 0 Å². The van der Waals surface area contributed by atoms with E-state index in [1.54, 1.807) is 0 Å². The maximum absolute atomic E-state index is 12.9. The van der Waals surface area contributed by atoms with Gasteiger partial charge in [-0.25, -0.2) is 9.97 Å². The van der Waals surface area contributed by atoms with Crippen LogP contribution in [0.5, 0.6) is 0 Å². The average Bonchev–Trinajstić information content (AvgIpc) is 1.52. The Morgan fingerprint density at radius 1 is 0.373 bits per heavy atom. The lowest BCUT2D eigenvalue weighted by atomic mass is 9.50. The standard InChI is InChI=1S/C92H84B2N8/c1-9-11-59-99(75-39-27-17-28-40-75)77-51-43-65(44-52-77)87-85-86(90(101(87)93(71-31-19-13-20-32-71)72-33-21-14-22-34-72)80(64-96)84-56-48-68-62-70(92(6,7)8)50-58-82(68)98-84)88(66-45-53-78(54-46-66)100(60-12-10-2)76-41-29-18-30-42-76)102(94(73-35-23-15-24-36-73)74-37-25-16-26-38-74)89(85)79(63-95)83-55-47-67-61-69(91(3,4)5)49-57-81(67)97-83/h13-58,61-62H,9-12,59-60H2,1-8H3/b89-79-,90-80+. The van der Waals surface area contributed by atoms with Crippen molar-refractivity contribution in [1.29, 1.82) is 10.5 Å². The van der Waals surface area contributed by atoms with E-state index >= 15 is 0 Å². The fourth-order valence-corrected chi connectivity index (χ4v) is 14.7. The molecule has 0 bridgehead atoms. The predicted octanol–water partition coefficient (Wildman–Crippen LogP) is 18.1. The van der Waals surface area contributed by atoms with Crippen molar-refractivity contribution in [2.24, 2.45) is 0 Å². The van der Waals surface area contributed by atoms with Crippen molar-refractivity contribution < 1.29 is 0 Å². The van der Waals surface area contributed by atoms with Crippen molar-refractivity contribution in [2.45, 2.75) is 91.9 Å². The first-order chi connectivity index (χ1) is 49.7. The lowest BCUT2D eigenvalue weighted by molar-refractivity contribution is 0.591. The summed E-state index contributed by atoms with van der Waals surface area (Å²) in [5.74, 6) is 0. The van der Waals surface area contributed by atoms with Crippen LogP contribution in [0.4, 0.5) is 22.7 Å². The zero-order chi connectivity index (χ0) is 70.5. The van der Waals surface area contributed by atoms with Crippen LogP contribution in [0.15, 0.2) is 291 Å². The maximum Gasteiger partial charge on any atom is 0.328 e. The van der Waals surface area contributed by atoms with Crippen LogP contribution >= 0.6 is 0 Å². The number of hydrogen-bond donors (Lipinski definition) is 0. The van der Waals surface area contributed by atoms with Gasteiger partial charge < -0.3 is 18.8 Å². The molecule has 0 fully saturated rings. The van der Waals surface area contributed by atoms with E-state index < -0.39 is 13.7 Å². The number of fused-ring (bicyclic) bond motifs is 3. The number of para-hydroxylation sites is 2. The Balaban J connectivity index is 1.26. The van der Waals surface area contributed by atoms with Gasteiger partial charge in [-0.15, -0.1) is 0 Å². The molecular weight excluding hydrogens is 1240 g/mol. The van der Waals surface area contributed by atoms with Crippen LogP contribution in [0.3, 0.4) is 0 Å². The second kappa shape index (κ2) is 29.2. The zero-order valence-electron chi connectivity index (χ0n) is 59.7. The van der Waals surface area contributed by atoms with Crippen LogP contribution in [0, 0.1) is 22.7 Å². The number of nitrogens with zero attached hydrogens (tertiary/aromatic N) is 8.